The molecule has 1 amide bonds. The number of carboxylic acid groups (broad SMARTS) is 1. The minimum Gasteiger partial charge on any atom is -0.465 e. The van der Waals surface area contributed by atoms with Crippen molar-refractivity contribution in [2.24, 2.45) is 28.6 Å². The van der Waals surface area contributed by atoms with E-state index in [-0.39, 0.29) is 16.9 Å². The molecule has 4 nitrogen and oxygen atoms in total. The first kappa shape index (κ1) is 15.9. The van der Waals surface area contributed by atoms with E-state index >= 15 is 0 Å². The molecule has 0 heterocycles. The normalized spacial score (nSPS) is 46.3. The van der Waals surface area contributed by atoms with Crippen molar-refractivity contribution in [1.82, 2.24) is 5.32 Å². The highest BCUT2D eigenvalue weighted by Gasteiger charge is 2.56. The van der Waals surface area contributed by atoms with Gasteiger partial charge in [-0.2, -0.15) is 0 Å². The molecule has 3 N–H and O–H groups in total. The van der Waals surface area contributed by atoms with Gasteiger partial charge in [-0.05, 0) is 49.9 Å². The summed E-state index contributed by atoms with van der Waals surface area (Å²) in [5.41, 5.74) is 2.33. The highest BCUT2D eigenvalue weighted by Crippen LogP contribution is 2.63. The summed E-state index contributed by atoms with van der Waals surface area (Å²) in [7, 11) is 0. The van der Waals surface area contributed by atoms with E-state index in [1.54, 1.807) is 0 Å². The molecule has 0 radical (unpaired) electrons. The van der Waals surface area contributed by atoms with Gasteiger partial charge in [0.25, 0.3) is 0 Å². The molecular weight excluding hydrogens is 302 g/mol. The first-order chi connectivity index (χ1) is 11.3. The van der Waals surface area contributed by atoms with E-state index < -0.39 is 6.09 Å². The molecular formula is C20H27NO3. The monoisotopic (exact) mass is 329 g/mol. The molecule has 4 heteroatoms. The maximum atomic E-state index is 11.1. The maximum absolute atomic E-state index is 11.1. The Morgan fingerprint density at radius 3 is 2.79 bits per heavy atom. The van der Waals surface area contributed by atoms with Crippen molar-refractivity contribution in [3.8, 4) is 0 Å². The number of aliphatic hydroxyl groups excluding tert-OH is 1. The molecule has 130 valence electrons. The van der Waals surface area contributed by atoms with Gasteiger partial charge in [0.2, 0.25) is 0 Å². The lowest BCUT2D eigenvalue weighted by Crippen LogP contribution is -2.50. The van der Waals surface area contributed by atoms with E-state index in [1.807, 2.05) is 6.08 Å². The Bertz CT molecular complexity index is 664. The van der Waals surface area contributed by atoms with Crippen molar-refractivity contribution in [2.75, 3.05) is 0 Å². The number of amides is 1. The van der Waals surface area contributed by atoms with Crippen LogP contribution < -0.4 is 5.32 Å². The molecule has 1 fully saturated rings. The highest BCUT2D eigenvalue weighted by molar-refractivity contribution is 5.67. The lowest BCUT2D eigenvalue weighted by molar-refractivity contribution is 0.00225. The van der Waals surface area contributed by atoms with E-state index in [2.05, 4.69) is 37.4 Å². The third-order valence-electron chi connectivity index (χ3n) is 7.45. The third kappa shape index (κ3) is 2.12. The van der Waals surface area contributed by atoms with Crippen LogP contribution in [0.5, 0.6) is 0 Å². The van der Waals surface area contributed by atoms with Gasteiger partial charge in [0.05, 0.1) is 6.10 Å². The fraction of sp³-hybridized carbons (Fsp3) is 0.650. The molecule has 6 atom stereocenters. The minimum atomic E-state index is -0.952. The SMILES string of the molecule is C[C@]12C=CC(O)CC1=CC[C@@H]1[C@H]2CC[C@]2(C)C(NC(=O)O)=CC[C@@H]12. The lowest BCUT2D eigenvalue weighted by atomic mass is 9.49. The summed E-state index contributed by atoms with van der Waals surface area (Å²) < 4.78 is 0. The maximum Gasteiger partial charge on any atom is 0.408 e. The quantitative estimate of drug-likeness (QED) is 0.640. The highest BCUT2D eigenvalue weighted by atomic mass is 16.4. The average molecular weight is 329 g/mol. The van der Waals surface area contributed by atoms with Crippen LogP contribution in [0.25, 0.3) is 0 Å². The second-order valence-electron chi connectivity index (χ2n) is 8.49. The summed E-state index contributed by atoms with van der Waals surface area (Å²) in [4.78, 5) is 11.1. The molecule has 4 aliphatic rings. The third-order valence-corrected chi connectivity index (χ3v) is 7.45. The van der Waals surface area contributed by atoms with Crippen molar-refractivity contribution >= 4 is 6.09 Å². The predicted octanol–water partition coefficient (Wildman–Crippen LogP) is 3.85. The van der Waals surface area contributed by atoms with Gasteiger partial charge >= 0.3 is 6.09 Å². The van der Waals surface area contributed by atoms with E-state index in [9.17, 15) is 9.90 Å². The Hall–Kier alpha value is -1.55. The zero-order valence-electron chi connectivity index (χ0n) is 14.5. The summed E-state index contributed by atoms with van der Waals surface area (Å²) in [6.45, 7) is 4.57. The summed E-state index contributed by atoms with van der Waals surface area (Å²) in [6, 6.07) is 0. The second kappa shape index (κ2) is 5.22. The van der Waals surface area contributed by atoms with Crippen LogP contribution in [0.2, 0.25) is 0 Å². The topological polar surface area (TPSA) is 69.6 Å². The van der Waals surface area contributed by atoms with Crippen molar-refractivity contribution in [1.29, 1.82) is 0 Å². The number of fused-ring (bicyclic) bond motifs is 5. The summed E-state index contributed by atoms with van der Waals surface area (Å²) in [6.07, 6.45) is 12.3. The number of hydrogen-bond donors (Lipinski definition) is 3. The Morgan fingerprint density at radius 2 is 2.04 bits per heavy atom. The van der Waals surface area contributed by atoms with Crippen LogP contribution in [0, 0.1) is 28.6 Å². The van der Waals surface area contributed by atoms with E-state index in [4.69, 9.17) is 5.11 Å². The zero-order chi connectivity index (χ0) is 17.1. The molecule has 4 rings (SSSR count). The van der Waals surface area contributed by atoms with E-state index in [0.29, 0.717) is 17.8 Å². The summed E-state index contributed by atoms with van der Waals surface area (Å²) in [5.74, 6) is 1.69. The van der Waals surface area contributed by atoms with Crippen LogP contribution in [0.4, 0.5) is 4.79 Å². The van der Waals surface area contributed by atoms with E-state index in [1.165, 1.54) is 5.57 Å². The first-order valence-electron chi connectivity index (χ1n) is 9.12. The van der Waals surface area contributed by atoms with Gasteiger partial charge in [-0.25, -0.2) is 4.79 Å². The number of carbonyl (C=O) groups is 1. The largest absolute Gasteiger partial charge is 0.465 e. The van der Waals surface area contributed by atoms with Crippen LogP contribution >= 0.6 is 0 Å². The Balaban J connectivity index is 1.65. The van der Waals surface area contributed by atoms with Gasteiger partial charge in [0, 0.05) is 16.5 Å². The van der Waals surface area contributed by atoms with Gasteiger partial charge in [-0.3, -0.25) is 5.32 Å². The fourth-order valence-corrected chi connectivity index (χ4v) is 6.11. The Kier molecular flexibility index (Phi) is 3.47. The minimum absolute atomic E-state index is 0.0425. The van der Waals surface area contributed by atoms with Crippen LogP contribution in [-0.2, 0) is 0 Å². The van der Waals surface area contributed by atoms with Crippen molar-refractivity contribution in [3.63, 3.8) is 0 Å². The van der Waals surface area contributed by atoms with Gasteiger partial charge in [-0.1, -0.05) is 43.7 Å². The molecule has 0 aliphatic heterocycles. The van der Waals surface area contributed by atoms with Gasteiger partial charge in [0.1, 0.15) is 0 Å². The first-order valence-corrected chi connectivity index (χ1v) is 9.12. The lowest BCUT2D eigenvalue weighted by Gasteiger charge is -2.56. The molecule has 0 aromatic carbocycles. The molecule has 0 saturated heterocycles. The van der Waals surface area contributed by atoms with Crippen LogP contribution in [0.15, 0.2) is 35.6 Å². The predicted molar refractivity (Wildman–Crippen MR) is 92.2 cm³/mol. The average Bonchev–Trinajstić information content (AvgIpc) is 2.84. The van der Waals surface area contributed by atoms with Gasteiger partial charge in [-0.15, -0.1) is 0 Å². The number of rotatable bonds is 1. The van der Waals surface area contributed by atoms with Crippen LogP contribution in [-0.4, -0.2) is 22.4 Å². The van der Waals surface area contributed by atoms with Gasteiger partial charge < -0.3 is 10.2 Å². The molecule has 0 aromatic rings. The van der Waals surface area contributed by atoms with Gasteiger partial charge in [0.15, 0.2) is 0 Å². The zero-order valence-corrected chi connectivity index (χ0v) is 14.5. The van der Waals surface area contributed by atoms with E-state index in [0.717, 1.165) is 37.8 Å². The molecule has 4 aliphatic carbocycles. The number of allylic oxidation sites excluding steroid dienone is 4. The molecule has 0 aromatic heterocycles. The van der Waals surface area contributed by atoms with Crippen LogP contribution in [0.1, 0.15) is 46.0 Å². The fourth-order valence-electron chi connectivity index (χ4n) is 6.11. The van der Waals surface area contributed by atoms with Crippen molar-refractivity contribution in [2.45, 2.75) is 52.1 Å². The molecule has 1 unspecified atom stereocenters. The number of aliphatic hydroxyl groups is 1. The summed E-state index contributed by atoms with van der Waals surface area (Å²) in [5, 5.41) is 21.8. The van der Waals surface area contributed by atoms with Crippen molar-refractivity contribution in [3.05, 3.63) is 35.6 Å². The molecule has 0 bridgehead atoms. The van der Waals surface area contributed by atoms with Crippen LogP contribution in [0.3, 0.4) is 0 Å². The Labute approximate surface area is 143 Å². The number of hydrogen-bond acceptors (Lipinski definition) is 2. The smallest absolute Gasteiger partial charge is 0.408 e. The Morgan fingerprint density at radius 1 is 1.25 bits per heavy atom. The van der Waals surface area contributed by atoms with Crippen molar-refractivity contribution < 1.29 is 15.0 Å². The standard InChI is InChI=1S/C20H27NO3/c1-19-9-7-13(22)11-12(19)3-4-14-15-5-6-17(21-18(23)24)20(15,2)10-8-16(14)19/h3,6-7,9,13-16,21-22H,4-5,8,10-11H2,1-2H3,(H,23,24)/t13?,14-,15-,16+,19-,20-/m0/s1. The molecule has 0 spiro atoms. The second-order valence-corrected chi connectivity index (χ2v) is 8.49. The number of nitrogens with one attached hydrogen (secondary N) is 1. The molecule has 1 saturated carbocycles. The summed E-state index contributed by atoms with van der Waals surface area (Å²) >= 11 is 0. The molecule has 24 heavy (non-hydrogen) atoms.